The first-order chi connectivity index (χ1) is 19.7. The van der Waals surface area contributed by atoms with Crippen LogP contribution in [0.15, 0.2) is 60.7 Å². The summed E-state index contributed by atoms with van der Waals surface area (Å²) >= 11 is 0. The zero-order valence-electron chi connectivity index (χ0n) is 26.1. The third-order valence-electron chi connectivity index (χ3n) is 10.4. The molecule has 2 saturated heterocycles. The quantitative estimate of drug-likeness (QED) is 0.284. The lowest BCUT2D eigenvalue weighted by Gasteiger charge is -2.67. The van der Waals surface area contributed by atoms with Crippen molar-refractivity contribution >= 4 is 8.32 Å². The highest BCUT2D eigenvalue weighted by Gasteiger charge is 2.69. The van der Waals surface area contributed by atoms with Crippen LogP contribution in [-0.2, 0) is 26.7 Å². The van der Waals surface area contributed by atoms with Crippen LogP contribution < -0.4 is 0 Å². The van der Waals surface area contributed by atoms with E-state index in [2.05, 4.69) is 100 Å². The standard InChI is InChI=1S/C35H53NO4Si/c1-6-41(7-2,8-3)40-32-33(22-30-17-13-10-14-18-30)24-35(38-19-20-39-35)25-34(32,27-36(26-33)23-28(4)5)31(37)21-29-15-11-9-12-16-29/h9-18,28,31-32,37H,6-8,19-27H2,1-5H3/t31-,32?,33?,34?/m1/s1. The Morgan fingerprint density at radius 3 is 2.02 bits per heavy atom. The van der Waals surface area contributed by atoms with E-state index in [1.807, 2.05) is 0 Å². The van der Waals surface area contributed by atoms with Crippen LogP contribution in [0.2, 0.25) is 18.1 Å². The summed E-state index contributed by atoms with van der Waals surface area (Å²) in [5.74, 6) is -0.140. The first-order valence-electron chi connectivity index (χ1n) is 16.2. The van der Waals surface area contributed by atoms with Gasteiger partial charge in [-0.2, -0.15) is 0 Å². The predicted molar refractivity (Wildman–Crippen MR) is 168 cm³/mol. The van der Waals surface area contributed by atoms with Crippen LogP contribution >= 0.6 is 0 Å². The molecule has 0 amide bonds. The van der Waals surface area contributed by atoms with Gasteiger partial charge in [0, 0.05) is 43.3 Å². The first kappa shape index (κ1) is 30.9. The molecule has 3 aliphatic rings. The molecule has 3 fully saturated rings. The highest BCUT2D eigenvalue weighted by molar-refractivity contribution is 6.73. The summed E-state index contributed by atoms with van der Waals surface area (Å²) in [4.78, 5) is 2.65. The van der Waals surface area contributed by atoms with E-state index < -0.39 is 25.6 Å². The number of hydrogen-bond acceptors (Lipinski definition) is 5. The second-order valence-corrected chi connectivity index (χ2v) is 18.5. The fraction of sp³-hybridized carbons (Fsp3) is 0.657. The van der Waals surface area contributed by atoms with Gasteiger partial charge in [-0.05, 0) is 48.0 Å². The van der Waals surface area contributed by atoms with Crippen LogP contribution in [0, 0.1) is 16.7 Å². The van der Waals surface area contributed by atoms with Crippen LogP contribution in [-0.4, -0.2) is 69.2 Å². The highest BCUT2D eigenvalue weighted by atomic mass is 28.4. The van der Waals surface area contributed by atoms with Crippen molar-refractivity contribution in [2.24, 2.45) is 16.7 Å². The Hall–Kier alpha value is -1.54. The zero-order valence-corrected chi connectivity index (χ0v) is 27.1. The number of benzene rings is 2. The highest BCUT2D eigenvalue weighted by Crippen LogP contribution is 2.61. The number of aliphatic hydroxyl groups is 1. The molecule has 226 valence electrons. The van der Waals surface area contributed by atoms with Gasteiger partial charge in [0.15, 0.2) is 14.1 Å². The van der Waals surface area contributed by atoms with Crippen molar-refractivity contribution in [1.82, 2.24) is 4.90 Å². The molecule has 2 bridgehead atoms. The fourth-order valence-electron chi connectivity index (χ4n) is 8.58. The largest absolute Gasteiger partial charge is 0.413 e. The number of piperidine rings is 1. The number of hydrogen-bond donors (Lipinski definition) is 1. The molecule has 1 saturated carbocycles. The summed E-state index contributed by atoms with van der Waals surface area (Å²) in [6, 6.07) is 24.7. The Kier molecular flexibility index (Phi) is 9.49. The molecule has 0 aromatic heterocycles. The van der Waals surface area contributed by atoms with Gasteiger partial charge < -0.3 is 23.9 Å². The Morgan fingerprint density at radius 1 is 0.878 bits per heavy atom. The summed E-state index contributed by atoms with van der Waals surface area (Å²) in [5, 5.41) is 12.6. The summed E-state index contributed by atoms with van der Waals surface area (Å²) in [6.45, 7) is 15.6. The van der Waals surface area contributed by atoms with Crippen LogP contribution in [0.4, 0.5) is 0 Å². The molecule has 6 heteroatoms. The van der Waals surface area contributed by atoms with Gasteiger partial charge in [0.2, 0.25) is 0 Å². The molecule has 1 aliphatic carbocycles. The van der Waals surface area contributed by atoms with Gasteiger partial charge in [-0.25, -0.2) is 0 Å². The van der Waals surface area contributed by atoms with Crippen molar-refractivity contribution in [2.45, 2.75) is 96.4 Å². The van der Waals surface area contributed by atoms with E-state index in [4.69, 9.17) is 13.9 Å². The number of aliphatic hydroxyl groups excluding tert-OH is 1. The molecule has 2 aromatic carbocycles. The lowest BCUT2D eigenvalue weighted by atomic mass is 9.51. The predicted octanol–water partition coefficient (Wildman–Crippen LogP) is 6.70. The monoisotopic (exact) mass is 579 g/mol. The maximum absolute atomic E-state index is 12.6. The number of rotatable bonds is 12. The molecule has 1 spiro atoms. The minimum absolute atomic E-state index is 0.0673. The van der Waals surface area contributed by atoms with Gasteiger partial charge in [-0.15, -0.1) is 0 Å². The van der Waals surface area contributed by atoms with Gasteiger partial charge in [0.1, 0.15) is 0 Å². The molecule has 1 N–H and O–H groups in total. The molecule has 3 unspecified atom stereocenters. The first-order valence-corrected chi connectivity index (χ1v) is 18.7. The van der Waals surface area contributed by atoms with E-state index in [1.165, 1.54) is 11.1 Å². The van der Waals surface area contributed by atoms with Crippen molar-refractivity contribution in [2.75, 3.05) is 32.8 Å². The van der Waals surface area contributed by atoms with Crippen molar-refractivity contribution in [3.8, 4) is 0 Å². The minimum Gasteiger partial charge on any atom is -0.413 e. The number of ether oxygens (including phenoxy) is 2. The van der Waals surface area contributed by atoms with Crippen molar-refractivity contribution in [3.05, 3.63) is 71.8 Å². The molecule has 5 nitrogen and oxygen atoms in total. The fourth-order valence-corrected chi connectivity index (χ4v) is 11.6. The molecular weight excluding hydrogens is 526 g/mol. The van der Waals surface area contributed by atoms with Crippen molar-refractivity contribution in [1.29, 1.82) is 0 Å². The number of likely N-dealkylation sites (tertiary alicyclic amines) is 1. The second-order valence-electron chi connectivity index (χ2n) is 13.7. The SMILES string of the molecule is CC[Si](CC)(CC)OC1C2(Cc3ccccc3)CN(CC(C)C)CC1([C@H](O)Cc1ccccc1)CC1(C2)OCCO1. The van der Waals surface area contributed by atoms with Crippen LogP contribution in [0.5, 0.6) is 0 Å². The summed E-state index contributed by atoms with van der Waals surface area (Å²) in [5.41, 5.74) is 1.73. The van der Waals surface area contributed by atoms with E-state index in [1.54, 1.807) is 0 Å². The third kappa shape index (κ3) is 6.25. The van der Waals surface area contributed by atoms with Crippen molar-refractivity contribution < 1.29 is 19.0 Å². The maximum atomic E-state index is 12.6. The van der Waals surface area contributed by atoms with Crippen LogP contribution in [0.3, 0.4) is 0 Å². The average Bonchev–Trinajstić information content (AvgIpc) is 3.40. The third-order valence-corrected chi connectivity index (χ3v) is 15.0. The zero-order chi connectivity index (χ0) is 29.1. The van der Waals surface area contributed by atoms with E-state index in [0.717, 1.165) is 50.6 Å². The summed E-state index contributed by atoms with van der Waals surface area (Å²) < 4.78 is 20.9. The van der Waals surface area contributed by atoms with Gasteiger partial charge in [0.05, 0.1) is 25.4 Å². The molecule has 41 heavy (non-hydrogen) atoms. The van der Waals surface area contributed by atoms with Gasteiger partial charge in [-0.3, -0.25) is 0 Å². The molecule has 0 radical (unpaired) electrons. The Bertz CT molecular complexity index is 1100. The molecule has 2 aliphatic heterocycles. The smallest absolute Gasteiger partial charge is 0.192 e. The van der Waals surface area contributed by atoms with E-state index in [-0.39, 0.29) is 11.5 Å². The topological polar surface area (TPSA) is 51.2 Å². The maximum Gasteiger partial charge on any atom is 0.192 e. The van der Waals surface area contributed by atoms with Crippen LogP contribution in [0.25, 0.3) is 0 Å². The van der Waals surface area contributed by atoms with Crippen molar-refractivity contribution in [3.63, 3.8) is 0 Å². The minimum atomic E-state index is -2.04. The lowest BCUT2D eigenvalue weighted by molar-refractivity contribution is -0.300. The molecule has 4 atom stereocenters. The molecular formula is C35H53NO4Si. The molecule has 2 aromatic rings. The van der Waals surface area contributed by atoms with E-state index in [0.29, 0.717) is 32.0 Å². The number of nitrogens with zero attached hydrogens (tertiary/aromatic N) is 1. The van der Waals surface area contributed by atoms with E-state index >= 15 is 0 Å². The van der Waals surface area contributed by atoms with Crippen LogP contribution in [0.1, 0.15) is 58.6 Å². The second kappa shape index (κ2) is 12.6. The van der Waals surface area contributed by atoms with Gasteiger partial charge >= 0.3 is 0 Å². The molecule has 2 heterocycles. The van der Waals surface area contributed by atoms with E-state index in [9.17, 15) is 5.11 Å². The van der Waals surface area contributed by atoms with Gasteiger partial charge in [0.25, 0.3) is 0 Å². The lowest BCUT2D eigenvalue weighted by Crippen LogP contribution is -2.75. The Balaban J connectivity index is 1.69. The Morgan fingerprint density at radius 2 is 1.46 bits per heavy atom. The number of fused-ring (bicyclic) bond motifs is 2. The van der Waals surface area contributed by atoms with Gasteiger partial charge in [-0.1, -0.05) is 95.3 Å². The average molecular weight is 580 g/mol. The Labute approximate surface area is 249 Å². The molecule has 5 rings (SSSR count). The normalized spacial score (nSPS) is 28.8. The summed E-state index contributed by atoms with van der Waals surface area (Å²) in [7, 11) is -2.04. The summed E-state index contributed by atoms with van der Waals surface area (Å²) in [6.07, 6.45) is 2.32.